The Hall–Kier alpha value is -3.62. The average molecular weight is 396 g/mol. The van der Waals surface area contributed by atoms with Gasteiger partial charge in [0.05, 0.1) is 17.2 Å². The Labute approximate surface area is 165 Å². The lowest BCUT2D eigenvalue weighted by atomic mass is 10.1. The van der Waals surface area contributed by atoms with Gasteiger partial charge in [-0.05, 0) is 29.7 Å². The SMILES string of the molecule is O=C1CCC(C(=O)N2CCc3ccc([N+](=O)[O-])cc32)=NN1Cc1ccc(F)cc1. The standard InChI is InChI=1S/C20H17FN4O4/c21-15-4-1-13(2-5-15)12-24-19(26)8-7-17(22-24)20(27)23-10-9-14-3-6-16(25(28)29)11-18(14)23/h1-6,11H,7-10,12H2. The van der Waals surface area contributed by atoms with Crippen LogP contribution in [0.2, 0.25) is 0 Å². The van der Waals surface area contributed by atoms with Gasteiger partial charge in [-0.2, -0.15) is 5.10 Å². The number of carbonyl (C=O) groups is 2. The molecule has 0 aromatic heterocycles. The Morgan fingerprint density at radius 1 is 1.14 bits per heavy atom. The molecular formula is C20H17FN4O4. The zero-order valence-corrected chi connectivity index (χ0v) is 15.4. The fourth-order valence-electron chi connectivity index (χ4n) is 3.49. The van der Waals surface area contributed by atoms with Gasteiger partial charge in [-0.1, -0.05) is 18.2 Å². The number of amides is 2. The third kappa shape index (κ3) is 3.71. The van der Waals surface area contributed by atoms with Gasteiger partial charge in [0.1, 0.15) is 11.5 Å². The Balaban J connectivity index is 1.57. The van der Waals surface area contributed by atoms with E-state index >= 15 is 0 Å². The lowest BCUT2D eigenvalue weighted by molar-refractivity contribution is -0.384. The second kappa shape index (κ2) is 7.42. The molecule has 2 aromatic rings. The molecule has 4 rings (SSSR count). The molecule has 0 radical (unpaired) electrons. The highest BCUT2D eigenvalue weighted by Gasteiger charge is 2.32. The van der Waals surface area contributed by atoms with Crippen molar-refractivity contribution in [2.45, 2.75) is 25.8 Å². The number of rotatable bonds is 4. The topological polar surface area (TPSA) is 96.1 Å². The quantitative estimate of drug-likeness (QED) is 0.586. The second-order valence-corrected chi connectivity index (χ2v) is 6.90. The zero-order valence-electron chi connectivity index (χ0n) is 15.4. The number of hydrogen-bond acceptors (Lipinski definition) is 5. The summed E-state index contributed by atoms with van der Waals surface area (Å²) in [7, 11) is 0. The van der Waals surface area contributed by atoms with Crippen LogP contribution in [-0.4, -0.2) is 34.0 Å². The van der Waals surface area contributed by atoms with E-state index in [0.717, 1.165) is 5.56 Å². The van der Waals surface area contributed by atoms with Crippen molar-refractivity contribution in [1.29, 1.82) is 0 Å². The first-order valence-corrected chi connectivity index (χ1v) is 9.14. The summed E-state index contributed by atoms with van der Waals surface area (Å²) in [4.78, 5) is 37.3. The van der Waals surface area contributed by atoms with Gasteiger partial charge in [0.25, 0.3) is 11.6 Å². The molecule has 0 bridgehead atoms. The molecule has 0 atom stereocenters. The molecule has 0 spiro atoms. The van der Waals surface area contributed by atoms with Crippen molar-refractivity contribution < 1.29 is 18.9 Å². The van der Waals surface area contributed by atoms with Crippen LogP contribution < -0.4 is 4.90 Å². The van der Waals surface area contributed by atoms with Gasteiger partial charge in [-0.3, -0.25) is 19.7 Å². The highest BCUT2D eigenvalue weighted by atomic mass is 19.1. The molecule has 2 aromatic carbocycles. The van der Waals surface area contributed by atoms with Gasteiger partial charge in [0.15, 0.2) is 0 Å². The minimum absolute atomic E-state index is 0.0813. The van der Waals surface area contributed by atoms with E-state index < -0.39 is 4.92 Å². The molecule has 2 amide bonds. The maximum atomic E-state index is 13.1. The van der Waals surface area contributed by atoms with Crippen LogP contribution in [0.5, 0.6) is 0 Å². The highest BCUT2D eigenvalue weighted by molar-refractivity contribution is 6.44. The molecular weight excluding hydrogens is 379 g/mol. The largest absolute Gasteiger partial charge is 0.306 e. The second-order valence-electron chi connectivity index (χ2n) is 6.90. The summed E-state index contributed by atoms with van der Waals surface area (Å²) in [5.41, 5.74) is 2.21. The molecule has 2 aliphatic rings. The summed E-state index contributed by atoms with van der Waals surface area (Å²) in [6.45, 7) is 0.540. The van der Waals surface area contributed by atoms with Crippen LogP contribution in [0.15, 0.2) is 47.6 Å². The molecule has 0 fully saturated rings. The monoisotopic (exact) mass is 396 g/mol. The van der Waals surface area contributed by atoms with Gasteiger partial charge in [0, 0.05) is 31.5 Å². The predicted octanol–water partition coefficient (Wildman–Crippen LogP) is 2.80. The third-order valence-corrected chi connectivity index (χ3v) is 5.02. The highest BCUT2D eigenvalue weighted by Crippen LogP contribution is 2.32. The van der Waals surface area contributed by atoms with E-state index in [1.54, 1.807) is 18.2 Å². The molecule has 9 heteroatoms. The summed E-state index contributed by atoms with van der Waals surface area (Å²) in [6.07, 6.45) is 0.949. The van der Waals surface area contributed by atoms with Crippen molar-refractivity contribution in [1.82, 2.24) is 5.01 Å². The van der Waals surface area contributed by atoms with E-state index in [1.165, 1.54) is 34.2 Å². The minimum atomic E-state index is -0.498. The fraction of sp³-hybridized carbons (Fsp3) is 0.250. The first-order chi connectivity index (χ1) is 13.9. The number of benzene rings is 2. The lowest BCUT2D eigenvalue weighted by Crippen LogP contribution is -2.40. The van der Waals surface area contributed by atoms with Crippen molar-refractivity contribution in [3.8, 4) is 0 Å². The van der Waals surface area contributed by atoms with Crippen LogP contribution in [-0.2, 0) is 22.6 Å². The predicted molar refractivity (Wildman–Crippen MR) is 103 cm³/mol. The van der Waals surface area contributed by atoms with Crippen LogP contribution in [0.1, 0.15) is 24.0 Å². The van der Waals surface area contributed by atoms with Crippen molar-refractivity contribution in [3.05, 3.63) is 69.5 Å². The molecule has 0 N–H and O–H groups in total. The Morgan fingerprint density at radius 2 is 1.90 bits per heavy atom. The van der Waals surface area contributed by atoms with Crippen LogP contribution >= 0.6 is 0 Å². The van der Waals surface area contributed by atoms with E-state index in [-0.39, 0.29) is 48.4 Å². The molecule has 8 nitrogen and oxygen atoms in total. The van der Waals surface area contributed by atoms with Gasteiger partial charge in [0.2, 0.25) is 5.91 Å². The molecule has 0 aliphatic carbocycles. The van der Waals surface area contributed by atoms with Crippen LogP contribution in [0.3, 0.4) is 0 Å². The minimum Gasteiger partial charge on any atom is -0.306 e. The summed E-state index contributed by atoms with van der Waals surface area (Å²) >= 11 is 0. The first kappa shape index (κ1) is 18.7. The average Bonchev–Trinajstić information content (AvgIpc) is 3.14. The Bertz CT molecular complexity index is 1040. The number of halogens is 1. The van der Waals surface area contributed by atoms with Crippen molar-refractivity contribution in [2.75, 3.05) is 11.4 Å². The summed E-state index contributed by atoms with van der Waals surface area (Å²) in [5.74, 6) is -0.955. The molecule has 0 unspecified atom stereocenters. The zero-order chi connectivity index (χ0) is 20.5. The van der Waals surface area contributed by atoms with Crippen molar-refractivity contribution in [2.24, 2.45) is 5.10 Å². The van der Waals surface area contributed by atoms with Gasteiger partial charge < -0.3 is 4.90 Å². The lowest BCUT2D eigenvalue weighted by Gasteiger charge is -2.25. The molecule has 148 valence electrons. The number of carbonyl (C=O) groups excluding carboxylic acids is 2. The van der Waals surface area contributed by atoms with E-state index in [1.807, 2.05) is 0 Å². The Morgan fingerprint density at radius 3 is 2.62 bits per heavy atom. The van der Waals surface area contributed by atoms with Crippen molar-refractivity contribution >= 4 is 28.9 Å². The number of hydrogen-bond donors (Lipinski definition) is 0. The van der Waals surface area contributed by atoms with E-state index in [4.69, 9.17) is 0 Å². The molecule has 29 heavy (non-hydrogen) atoms. The number of nitro groups is 1. The molecule has 0 saturated heterocycles. The molecule has 2 aliphatic heterocycles. The summed E-state index contributed by atoms with van der Waals surface area (Å²) in [6, 6.07) is 10.2. The number of nitrogens with zero attached hydrogens (tertiary/aromatic N) is 4. The number of anilines is 1. The summed E-state index contributed by atoms with van der Waals surface area (Å²) in [5, 5.41) is 16.5. The number of non-ortho nitro benzene ring substituents is 1. The maximum absolute atomic E-state index is 13.1. The smallest absolute Gasteiger partial charge is 0.274 e. The number of hydrazone groups is 1. The van der Waals surface area contributed by atoms with E-state index in [9.17, 15) is 24.1 Å². The third-order valence-electron chi connectivity index (χ3n) is 5.02. The van der Waals surface area contributed by atoms with E-state index in [0.29, 0.717) is 24.2 Å². The van der Waals surface area contributed by atoms with E-state index in [2.05, 4.69) is 5.10 Å². The van der Waals surface area contributed by atoms with Crippen LogP contribution in [0, 0.1) is 15.9 Å². The Kier molecular flexibility index (Phi) is 4.79. The number of fused-ring (bicyclic) bond motifs is 1. The molecule has 2 heterocycles. The van der Waals surface area contributed by atoms with Crippen LogP contribution in [0.25, 0.3) is 0 Å². The van der Waals surface area contributed by atoms with Crippen molar-refractivity contribution in [3.63, 3.8) is 0 Å². The van der Waals surface area contributed by atoms with Gasteiger partial charge >= 0.3 is 0 Å². The molecule has 0 saturated carbocycles. The number of nitro benzene ring substituents is 1. The normalized spacial score (nSPS) is 15.9. The first-order valence-electron chi connectivity index (χ1n) is 9.14. The van der Waals surface area contributed by atoms with Gasteiger partial charge in [-0.25, -0.2) is 9.40 Å². The maximum Gasteiger partial charge on any atom is 0.274 e. The summed E-state index contributed by atoms with van der Waals surface area (Å²) < 4.78 is 13.1. The fourth-order valence-corrected chi connectivity index (χ4v) is 3.49. The van der Waals surface area contributed by atoms with Gasteiger partial charge in [-0.15, -0.1) is 0 Å². The van der Waals surface area contributed by atoms with Crippen LogP contribution in [0.4, 0.5) is 15.8 Å².